The van der Waals surface area contributed by atoms with Crippen LogP contribution in [0.5, 0.6) is 0 Å². The second-order valence-electron chi connectivity index (χ2n) is 3.78. The van der Waals surface area contributed by atoms with E-state index in [0.29, 0.717) is 0 Å². The van der Waals surface area contributed by atoms with Crippen LogP contribution < -0.4 is 5.43 Å². The number of hydrogen-bond donors (Lipinski definition) is 1. The number of anilines is 1. The lowest BCUT2D eigenvalue weighted by Gasteiger charge is -2.02. The zero-order valence-corrected chi connectivity index (χ0v) is 10.8. The Labute approximate surface area is 118 Å². The van der Waals surface area contributed by atoms with Gasteiger partial charge in [-0.3, -0.25) is 15.5 Å². The Kier molecular flexibility index (Phi) is 4.27. The molecule has 0 heterocycles. The van der Waals surface area contributed by atoms with Gasteiger partial charge in [-0.2, -0.15) is 5.10 Å². The topological polar surface area (TPSA) is 67.5 Å². The predicted molar refractivity (Wildman–Crippen MR) is 75.7 cm³/mol. The predicted octanol–water partition coefficient (Wildman–Crippen LogP) is 3.83. The largest absolute Gasteiger partial charge is 0.294 e. The van der Waals surface area contributed by atoms with Gasteiger partial charge >= 0.3 is 0 Å². The number of nitro groups is 1. The zero-order chi connectivity index (χ0) is 14.5. The number of nitrogens with zero attached hydrogens (tertiary/aromatic N) is 2. The van der Waals surface area contributed by atoms with E-state index < -0.39 is 10.7 Å². The van der Waals surface area contributed by atoms with Crippen molar-refractivity contribution in [3.8, 4) is 0 Å². The highest BCUT2D eigenvalue weighted by atomic mass is 35.5. The lowest BCUT2D eigenvalue weighted by Crippen LogP contribution is -1.97. The first-order chi connectivity index (χ1) is 9.59. The van der Waals surface area contributed by atoms with Gasteiger partial charge in [0.15, 0.2) is 0 Å². The molecule has 0 amide bonds. The minimum Gasteiger partial charge on any atom is -0.272 e. The number of nitrogens with one attached hydrogen (secondary N) is 1. The van der Waals surface area contributed by atoms with Gasteiger partial charge in [0.1, 0.15) is 11.5 Å². The smallest absolute Gasteiger partial charge is 0.272 e. The molecule has 0 aliphatic carbocycles. The van der Waals surface area contributed by atoms with Crippen LogP contribution in [0.3, 0.4) is 0 Å². The van der Waals surface area contributed by atoms with E-state index in [1.54, 1.807) is 12.1 Å². The number of rotatable bonds is 4. The van der Waals surface area contributed by atoms with Crippen molar-refractivity contribution in [3.63, 3.8) is 0 Å². The monoisotopic (exact) mass is 293 g/mol. The standard InChI is InChI=1S/C13H9ClFN3O2/c14-10-4-3-5-11(15)9(10)8-16-17-12-6-1-2-7-13(12)18(19)20/h1-8,17H/b16-8-. The van der Waals surface area contributed by atoms with Gasteiger partial charge < -0.3 is 0 Å². The van der Waals surface area contributed by atoms with Crippen LogP contribution >= 0.6 is 11.6 Å². The average Bonchev–Trinajstić information content (AvgIpc) is 2.42. The van der Waals surface area contributed by atoms with Gasteiger partial charge in [0, 0.05) is 11.6 Å². The molecule has 0 aromatic heterocycles. The summed E-state index contributed by atoms with van der Waals surface area (Å²) in [6.07, 6.45) is 1.17. The highest BCUT2D eigenvalue weighted by Gasteiger charge is 2.11. The van der Waals surface area contributed by atoms with E-state index in [4.69, 9.17) is 11.6 Å². The molecule has 2 rings (SSSR count). The highest BCUT2D eigenvalue weighted by molar-refractivity contribution is 6.33. The summed E-state index contributed by atoms with van der Waals surface area (Å²) in [6.45, 7) is 0. The summed E-state index contributed by atoms with van der Waals surface area (Å²) >= 11 is 5.83. The quantitative estimate of drug-likeness (QED) is 0.529. The fourth-order valence-electron chi connectivity index (χ4n) is 1.53. The van der Waals surface area contributed by atoms with Crippen LogP contribution in [-0.2, 0) is 0 Å². The lowest BCUT2D eigenvalue weighted by atomic mass is 10.2. The molecule has 2 aromatic carbocycles. The highest BCUT2D eigenvalue weighted by Crippen LogP contribution is 2.23. The molecular weight excluding hydrogens is 285 g/mol. The molecule has 0 radical (unpaired) electrons. The number of benzene rings is 2. The van der Waals surface area contributed by atoms with Gasteiger partial charge in [-0.25, -0.2) is 4.39 Å². The van der Waals surface area contributed by atoms with Crippen molar-refractivity contribution in [3.05, 3.63) is 69.0 Å². The molecule has 0 atom stereocenters. The normalized spacial score (nSPS) is 10.7. The summed E-state index contributed by atoms with van der Waals surface area (Å²) in [4.78, 5) is 10.3. The number of hydrazone groups is 1. The SMILES string of the molecule is O=[N+]([O-])c1ccccc1N/N=C\c1c(F)cccc1Cl. The second kappa shape index (κ2) is 6.12. The minimum absolute atomic E-state index is 0.111. The summed E-state index contributed by atoms with van der Waals surface area (Å²) in [7, 11) is 0. The van der Waals surface area contributed by atoms with Gasteiger partial charge in [0.05, 0.1) is 16.2 Å². The molecule has 7 heteroatoms. The Morgan fingerprint density at radius 3 is 2.70 bits per heavy atom. The first-order valence-corrected chi connectivity index (χ1v) is 5.94. The number of nitro benzene ring substituents is 1. The lowest BCUT2D eigenvalue weighted by molar-refractivity contribution is -0.384. The summed E-state index contributed by atoms with van der Waals surface area (Å²) in [5.41, 5.74) is 2.70. The fraction of sp³-hybridized carbons (Fsp3) is 0. The van der Waals surface area contributed by atoms with Crippen LogP contribution in [0.2, 0.25) is 5.02 Å². The van der Waals surface area contributed by atoms with Crippen LogP contribution in [0.4, 0.5) is 15.8 Å². The maximum absolute atomic E-state index is 13.5. The van der Waals surface area contributed by atoms with Crippen molar-refractivity contribution in [1.29, 1.82) is 0 Å². The Bertz CT molecular complexity index is 656. The number of halogens is 2. The molecule has 5 nitrogen and oxygen atoms in total. The van der Waals surface area contributed by atoms with Crippen molar-refractivity contribution in [2.75, 3.05) is 5.43 Å². The number of para-hydroxylation sites is 2. The molecule has 0 bridgehead atoms. The molecule has 0 unspecified atom stereocenters. The summed E-state index contributed by atoms with van der Waals surface area (Å²) in [6, 6.07) is 10.3. The van der Waals surface area contributed by atoms with E-state index in [1.165, 1.54) is 36.5 Å². The maximum atomic E-state index is 13.5. The van der Waals surface area contributed by atoms with Crippen molar-refractivity contribution in [2.45, 2.75) is 0 Å². The van der Waals surface area contributed by atoms with Crippen LogP contribution in [0, 0.1) is 15.9 Å². The van der Waals surface area contributed by atoms with E-state index >= 15 is 0 Å². The maximum Gasteiger partial charge on any atom is 0.294 e. The Hall–Kier alpha value is -2.47. The van der Waals surface area contributed by atoms with Gasteiger partial charge in [-0.15, -0.1) is 0 Å². The molecule has 0 aliphatic heterocycles. The molecule has 0 saturated carbocycles. The molecule has 20 heavy (non-hydrogen) atoms. The fourth-order valence-corrected chi connectivity index (χ4v) is 1.74. The summed E-state index contributed by atoms with van der Waals surface area (Å²) in [5.74, 6) is -0.523. The van der Waals surface area contributed by atoms with Crippen molar-refractivity contribution in [2.24, 2.45) is 5.10 Å². The van der Waals surface area contributed by atoms with Crippen LogP contribution in [-0.4, -0.2) is 11.1 Å². The molecule has 0 saturated heterocycles. The molecule has 102 valence electrons. The third-order valence-corrected chi connectivity index (χ3v) is 2.81. The van der Waals surface area contributed by atoms with Crippen LogP contribution in [0.15, 0.2) is 47.6 Å². The van der Waals surface area contributed by atoms with E-state index in [1.807, 2.05) is 0 Å². The Morgan fingerprint density at radius 2 is 2.00 bits per heavy atom. The van der Waals surface area contributed by atoms with E-state index in [9.17, 15) is 14.5 Å². The van der Waals surface area contributed by atoms with Gasteiger partial charge in [0.2, 0.25) is 0 Å². The minimum atomic E-state index is -0.534. The second-order valence-corrected chi connectivity index (χ2v) is 4.19. The third kappa shape index (κ3) is 3.10. The van der Waals surface area contributed by atoms with Gasteiger partial charge in [-0.1, -0.05) is 29.8 Å². The Balaban J connectivity index is 2.21. The average molecular weight is 294 g/mol. The molecule has 1 N–H and O–H groups in total. The van der Waals surface area contributed by atoms with Crippen molar-refractivity contribution < 1.29 is 9.31 Å². The summed E-state index contributed by atoms with van der Waals surface area (Å²) < 4.78 is 13.5. The van der Waals surface area contributed by atoms with E-state index in [0.717, 1.165) is 0 Å². The Morgan fingerprint density at radius 1 is 1.25 bits per heavy atom. The van der Waals surface area contributed by atoms with Gasteiger partial charge in [-0.05, 0) is 18.2 Å². The molecule has 0 spiro atoms. The van der Waals surface area contributed by atoms with Crippen molar-refractivity contribution in [1.82, 2.24) is 0 Å². The first-order valence-electron chi connectivity index (χ1n) is 5.56. The molecular formula is C13H9ClFN3O2. The zero-order valence-electron chi connectivity index (χ0n) is 10.1. The molecule has 0 fully saturated rings. The van der Waals surface area contributed by atoms with E-state index in [2.05, 4.69) is 10.5 Å². The first kappa shape index (κ1) is 14.0. The summed E-state index contributed by atoms with van der Waals surface area (Å²) in [5, 5.41) is 14.8. The van der Waals surface area contributed by atoms with Crippen LogP contribution in [0.1, 0.15) is 5.56 Å². The third-order valence-electron chi connectivity index (χ3n) is 2.48. The molecule has 2 aromatic rings. The molecule has 0 aliphatic rings. The van der Waals surface area contributed by atoms with Crippen molar-refractivity contribution >= 4 is 29.2 Å². The number of hydrogen-bond acceptors (Lipinski definition) is 4. The van der Waals surface area contributed by atoms with Crippen LogP contribution in [0.25, 0.3) is 0 Å². The van der Waals surface area contributed by atoms with E-state index in [-0.39, 0.29) is 22.0 Å². The van der Waals surface area contributed by atoms with Gasteiger partial charge in [0.25, 0.3) is 5.69 Å².